The van der Waals surface area contributed by atoms with Crippen molar-refractivity contribution in [1.82, 2.24) is 9.88 Å². The molecule has 0 unspecified atom stereocenters. The van der Waals surface area contributed by atoms with Gasteiger partial charge in [0.2, 0.25) is 0 Å². The number of amides is 1. The van der Waals surface area contributed by atoms with Crippen LogP contribution in [0.1, 0.15) is 21.5 Å². The van der Waals surface area contributed by atoms with E-state index in [2.05, 4.69) is 30.9 Å². The number of aryl methyl sites for hydroxylation is 2. The normalized spacial score (nSPS) is 11.2. The average molecular weight is 446 g/mol. The van der Waals surface area contributed by atoms with Crippen LogP contribution in [0.2, 0.25) is 0 Å². The highest BCUT2D eigenvalue weighted by Crippen LogP contribution is 2.32. The minimum absolute atomic E-state index is 0.0853. The molecule has 0 aliphatic carbocycles. The molecule has 0 spiro atoms. The maximum absolute atomic E-state index is 13.6. The maximum Gasteiger partial charge on any atom is 0.260 e. The van der Waals surface area contributed by atoms with E-state index in [0.29, 0.717) is 23.0 Å². The molecule has 1 heterocycles. The molecule has 1 amide bonds. The molecule has 0 saturated carbocycles. The summed E-state index contributed by atoms with van der Waals surface area (Å²) in [4.78, 5) is 22.2. The number of likely N-dealkylation sites (N-methyl/N-ethyl adjacent to an activating group) is 1. The van der Waals surface area contributed by atoms with Crippen molar-refractivity contribution in [2.45, 2.75) is 13.8 Å². The number of benzene rings is 3. The Kier molecular flexibility index (Phi) is 6.53. The molecule has 0 atom stereocenters. The highest BCUT2D eigenvalue weighted by molar-refractivity contribution is 7.22. The largest absolute Gasteiger partial charge is 0.457 e. The number of rotatable bonds is 7. The number of hydrogen-bond donors (Lipinski definition) is 0. The van der Waals surface area contributed by atoms with E-state index in [1.165, 1.54) is 11.1 Å². The summed E-state index contributed by atoms with van der Waals surface area (Å²) in [6.07, 6.45) is 0. The smallest absolute Gasteiger partial charge is 0.260 e. The Hall–Kier alpha value is -3.22. The van der Waals surface area contributed by atoms with Crippen molar-refractivity contribution >= 4 is 32.6 Å². The van der Waals surface area contributed by atoms with E-state index in [1.807, 2.05) is 62.6 Å². The van der Waals surface area contributed by atoms with Crippen LogP contribution in [0.4, 0.5) is 5.13 Å². The molecular weight excluding hydrogens is 418 g/mol. The van der Waals surface area contributed by atoms with Gasteiger partial charge in [0.05, 0.1) is 10.2 Å². The van der Waals surface area contributed by atoms with E-state index in [-0.39, 0.29) is 5.91 Å². The zero-order valence-electron chi connectivity index (χ0n) is 18.8. The van der Waals surface area contributed by atoms with Gasteiger partial charge < -0.3 is 9.64 Å². The molecule has 3 aromatic carbocycles. The van der Waals surface area contributed by atoms with Gasteiger partial charge in [-0.1, -0.05) is 35.6 Å². The first-order chi connectivity index (χ1) is 15.4. The van der Waals surface area contributed by atoms with Crippen LogP contribution in [0.3, 0.4) is 0 Å². The van der Waals surface area contributed by atoms with Gasteiger partial charge in [-0.2, -0.15) is 0 Å². The van der Waals surface area contributed by atoms with Gasteiger partial charge >= 0.3 is 0 Å². The molecule has 6 heteroatoms. The predicted molar refractivity (Wildman–Crippen MR) is 132 cm³/mol. The Morgan fingerprint density at radius 3 is 2.38 bits per heavy atom. The first kappa shape index (κ1) is 22.0. The van der Waals surface area contributed by atoms with Crippen molar-refractivity contribution in [3.63, 3.8) is 0 Å². The summed E-state index contributed by atoms with van der Waals surface area (Å²) in [5.74, 6) is 1.28. The molecule has 0 N–H and O–H groups in total. The third-order valence-electron chi connectivity index (χ3n) is 5.30. The van der Waals surface area contributed by atoms with Gasteiger partial charge in [0.1, 0.15) is 11.5 Å². The molecule has 4 rings (SSSR count). The van der Waals surface area contributed by atoms with E-state index in [4.69, 9.17) is 9.72 Å². The predicted octanol–water partition coefficient (Wildman–Crippen LogP) is 5.91. The van der Waals surface area contributed by atoms with Crippen LogP contribution >= 0.6 is 11.3 Å². The molecule has 4 aromatic rings. The number of carbonyl (C=O) groups is 1. The lowest BCUT2D eigenvalue weighted by Gasteiger charge is -2.22. The molecule has 0 aliphatic heterocycles. The Morgan fingerprint density at radius 1 is 0.906 bits per heavy atom. The lowest BCUT2D eigenvalue weighted by Crippen LogP contribution is -2.36. The summed E-state index contributed by atoms with van der Waals surface area (Å²) >= 11 is 1.55. The first-order valence-electron chi connectivity index (χ1n) is 10.6. The summed E-state index contributed by atoms with van der Waals surface area (Å²) in [7, 11) is 4.00. The van der Waals surface area contributed by atoms with Crippen LogP contribution in [0.5, 0.6) is 11.5 Å². The van der Waals surface area contributed by atoms with Gasteiger partial charge in [-0.05, 0) is 81.5 Å². The van der Waals surface area contributed by atoms with Crippen LogP contribution in [-0.2, 0) is 0 Å². The van der Waals surface area contributed by atoms with Crippen LogP contribution < -0.4 is 9.64 Å². The van der Waals surface area contributed by atoms with Crippen molar-refractivity contribution in [2.75, 3.05) is 32.1 Å². The van der Waals surface area contributed by atoms with Gasteiger partial charge in [0.15, 0.2) is 5.13 Å². The van der Waals surface area contributed by atoms with Gasteiger partial charge in [-0.15, -0.1) is 0 Å². The summed E-state index contributed by atoms with van der Waals surface area (Å²) < 4.78 is 7.02. The number of anilines is 1. The van der Waals surface area contributed by atoms with E-state index in [9.17, 15) is 4.79 Å². The van der Waals surface area contributed by atoms with Gasteiger partial charge in [-0.3, -0.25) is 9.69 Å². The third kappa shape index (κ3) is 4.98. The van der Waals surface area contributed by atoms with Crippen molar-refractivity contribution in [1.29, 1.82) is 0 Å². The topological polar surface area (TPSA) is 45.7 Å². The lowest BCUT2D eigenvalue weighted by molar-refractivity contribution is 0.0985. The molecule has 0 fully saturated rings. The van der Waals surface area contributed by atoms with Crippen molar-refractivity contribution < 1.29 is 9.53 Å². The summed E-state index contributed by atoms with van der Waals surface area (Å²) in [5, 5.41) is 0.714. The number of fused-ring (bicyclic) bond motifs is 1. The summed E-state index contributed by atoms with van der Waals surface area (Å²) in [6.45, 7) is 5.47. The van der Waals surface area contributed by atoms with Crippen molar-refractivity contribution in [2.24, 2.45) is 0 Å². The van der Waals surface area contributed by atoms with Gasteiger partial charge in [0, 0.05) is 18.7 Å². The fourth-order valence-corrected chi connectivity index (χ4v) is 4.41. The fourth-order valence-electron chi connectivity index (χ4n) is 3.34. The zero-order valence-corrected chi connectivity index (χ0v) is 19.6. The SMILES string of the molecule is Cc1cc2nc(N(CCN(C)C)C(=O)c3cccc(Oc4ccccc4)c3)sc2cc1C. The number of nitrogens with zero attached hydrogens (tertiary/aromatic N) is 3. The van der Waals surface area contributed by atoms with Crippen molar-refractivity contribution in [3.05, 3.63) is 83.4 Å². The third-order valence-corrected chi connectivity index (χ3v) is 6.34. The molecule has 0 saturated heterocycles. The lowest BCUT2D eigenvalue weighted by atomic mass is 10.1. The molecule has 1 aromatic heterocycles. The maximum atomic E-state index is 13.6. The Balaban J connectivity index is 1.66. The second-order valence-electron chi connectivity index (χ2n) is 8.10. The number of ether oxygens (including phenoxy) is 1. The number of hydrogen-bond acceptors (Lipinski definition) is 5. The van der Waals surface area contributed by atoms with Crippen molar-refractivity contribution in [3.8, 4) is 11.5 Å². The minimum atomic E-state index is -0.0853. The second-order valence-corrected chi connectivity index (χ2v) is 9.11. The van der Waals surface area contributed by atoms with E-state index >= 15 is 0 Å². The Morgan fingerprint density at radius 2 is 1.62 bits per heavy atom. The molecule has 164 valence electrons. The molecular formula is C26H27N3O2S. The Labute approximate surface area is 192 Å². The molecule has 5 nitrogen and oxygen atoms in total. The first-order valence-corrected chi connectivity index (χ1v) is 11.4. The monoisotopic (exact) mass is 445 g/mol. The molecule has 32 heavy (non-hydrogen) atoms. The highest BCUT2D eigenvalue weighted by atomic mass is 32.1. The minimum Gasteiger partial charge on any atom is -0.457 e. The summed E-state index contributed by atoms with van der Waals surface area (Å²) in [5.41, 5.74) is 3.93. The number of thiazole rings is 1. The zero-order chi connectivity index (χ0) is 22.7. The number of carbonyl (C=O) groups excluding carboxylic acids is 1. The van der Waals surface area contributed by atoms with E-state index in [1.54, 1.807) is 22.3 Å². The van der Waals surface area contributed by atoms with Crippen LogP contribution in [0.15, 0.2) is 66.7 Å². The average Bonchev–Trinajstić information content (AvgIpc) is 3.17. The second kappa shape index (κ2) is 9.51. The van der Waals surface area contributed by atoms with E-state index < -0.39 is 0 Å². The Bertz CT molecular complexity index is 1200. The number of para-hydroxylation sites is 1. The standard InChI is InChI=1S/C26H27N3O2S/c1-18-15-23-24(16-19(18)2)32-26(27-23)29(14-13-28(3)4)25(30)20-9-8-12-22(17-20)31-21-10-6-5-7-11-21/h5-12,15-17H,13-14H2,1-4H3. The molecule has 0 radical (unpaired) electrons. The van der Waals surface area contributed by atoms with Crippen LogP contribution in [0.25, 0.3) is 10.2 Å². The van der Waals surface area contributed by atoms with Gasteiger partial charge in [0.25, 0.3) is 5.91 Å². The van der Waals surface area contributed by atoms with Crippen LogP contribution in [-0.4, -0.2) is 43.0 Å². The molecule has 0 bridgehead atoms. The quantitative estimate of drug-likeness (QED) is 0.355. The fraction of sp³-hybridized carbons (Fsp3) is 0.231. The summed E-state index contributed by atoms with van der Waals surface area (Å²) in [6, 6.07) is 21.1. The van der Waals surface area contributed by atoms with Gasteiger partial charge in [-0.25, -0.2) is 4.98 Å². The van der Waals surface area contributed by atoms with E-state index in [0.717, 1.165) is 22.5 Å². The van der Waals surface area contributed by atoms with Crippen LogP contribution in [0, 0.1) is 13.8 Å². The number of aromatic nitrogens is 1. The highest BCUT2D eigenvalue weighted by Gasteiger charge is 2.22. The molecule has 0 aliphatic rings.